The molecule has 134 valence electrons. The molecule has 3 fully saturated rings. The summed E-state index contributed by atoms with van der Waals surface area (Å²) in [5, 5.41) is 3.63. The van der Waals surface area contributed by atoms with Crippen molar-refractivity contribution in [2.45, 2.75) is 56.7 Å². The Morgan fingerprint density at radius 2 is 1.84 bits per heavy atom. The van der Waals surface area contributed by atoms with Crippen LogP contribution in [0.4, 0.5) is 0 Å². The number of piperidine rings is 1. The summed E-state index contributed by atoms with van der Waals surface area (Å²) in [4.78, 5) is 29.8. The van der Waals surface area contributed by atoms with Gasteiger partial charge in [0, 0.05) is 38.1 Å². The van der Waals surface area contributed by atoms with E-state index in [-0.39, 0.29) is 11.8 Å². The Morgan fingerprint density at radius 3 is 2.64 bits per heavy atom. The van der Waals surface area contributed by atoms with Crippen molar-refractivity contribution in [1.29, 1.82) is 0 Å². The molecule has 3 atom stereocenters. The van der Waals surface area contributed by atoms with Crippen LogP contribution in [0.3, 0.4) is 0 Å². The van der Waals surface area contributed by atoms with Crippen molar-refractivity contribution in [3.05, 3.63) is 35.9 Å². The highest BCUT2D eigenvalue weighted by molar-refractivity contribution is 5.89. The van der Waals surface area contributed by atoms with E-state index in [0.717, 1.165) is 44.3 Å². The van der Waals surface area contributed by atoms with Gasteiger partial charge in [0.05, 0.1) is 0 Å². The van der Waals surface area contributed by atoms with Crippen LogP contribution >= 0.6 is 0 Å². The summed E-state index contributed by atoms with van der Waals surface area (Å²) in [5.41, 5.74) is 0.935. The Hall–Kier alpha value is -1.88. The number of likely N-dealkylation sites (tertiary alicyclic amines) is 2. The topological polar surface area (TPSA) is 52.7 Å². The third-order valence-electron chi connectivity index (χ3n) is 5.86. The Morgan fingerprint density at radius 1 is 1.04 bits per heavy atom. The van der Waals surface area contributed by atoms with Crippen molar-refractivity contribution >= 4 is 11.8 Å². The molecule has 0 aromatic heterocycles. The van der Waals surface area contributed by atoms with Crippen molar-refractivity contribution in [3.8, 4) is 0 Å². The Bertz CT molecular complexity index is 633. The number of rotatable bonds is 3. The smallest absolute Gasteiger partial charge is 0.250 e. The Kier molecular flexibility index (Phi) is 4.75. The van der Waals surface area contributed by atoms with Gasteiger partial charge in [-0.25, -0.2) is 0 Å². The maximum absolute atomic E-state index is 13.5. The second-order valence-electron chi connectivity index (χ2n) is 7.57. The third-order valence-corrected chi connectivity index (χ3v) is 5.86. The summed E-state index contributed by atoms with van der Waals surface area (Å²) >= 11 is 0. The van der Waals surface area contributed by atoms with E-state index in [9.17, 15) is 9.59 Å². The zero-order valence-electron chi connectivity index (χ0n) is 14.7. The summed E-state index contributed by atoms with van der Waals surface area (Å²) in [6, 6.07) is 10.3. The van der Waals surface area contributed by atoms with Crippen molar-refractivity contribution in [3.63, 3.8) is 0 Å². The van der Waals surface area contributed by atoms with Crippen LogP contribution in [0.2, 0.25) is 0 Å². The molecule has 3 unspecified atom stereocenters. The van der Waals surface area contributed by atoms with E-state index in [0.29, 0.717) is 25.0 Å². The molecule has 1 aromatic rings. The number of benzene rings is 1. The third kappa shape index (κ3) is 3.43. The number of hydrogen-bond acceptors (Lipinski definition) is 3. The lowest BCUT2D eigenvalue weighted by molar-refractivity contribution is -0.148. The molecule has 0 spiro atoms. The Labute approximate surface area is 149 Å². The number of hydrogen-bond donors (Lipinski definition) is 1. The lowest BCUT2D eigenvalue weighted by atomic mass is 9.99. The lowest BCUT2D eigenvalue weighted by Gasteiger charge is -2.37. The quantitative estimate of drug-likeness (QED) is 0.916. The predicted octanol–water partition coefficient (Wildman–Crippen LogP) is 2.09. The molecule has 4 rings (SSSR count). The van der Waals surface area contributed by atoms with Gasteiger partial charge in [-0.1, -0.05) is 30.3 Å². The first-order chi connectivity index (χ1) is 12.2. The van der Waals surface area contributed by atoms with E-state index in [1.807, 2.05) is 40.1 Å². The monoisotopic (exact) mass is 341 g/mol. The first-order valence-corrected chi connectivity index (χ1v) is 9.61. The van der Waals surface area contributed by atoms with Gasteiger partial charge in [-0.3, -0.25) is 9.59 Å². The molecule has 0 radical (unpaired) electrons. The average Bonchev–Trinajstić information content (AvgIpc) is 2.96. The van der Waals surface area contributed by atoms with E-state index < -0.39 is 6.04 Å². The van der Waals surface area contributed by atoms with Crippen LogP contribution in [0.1, 0.15) is 50.1 Å². The average molecular weight is 341 g/mol. The maximum atomic E-state index is 13.5. The molecule has 3 saturated heterocycles. The molecule has 1 N–H and O–H groups in total. The molecule has 5 heteroatoms. The standard InChI is InChI=1S/C20H27N3O2/c24-18-8-4-5-12-23(18)19(15-6-2-1-3-7-15)20(25)22-13-11-16-9-10-17(14-22)21-16/h1-3,6-7,16-17,19,21H,4-5,8-14H2. The first-order valence-electron chi connectivity index (χ1n) is 9.61. The van der Waals surface area contributed by atoms with Gasteiger partial charge >= 0.3 is 0 Å². The summed E-state index contributed by atoms with van der Waals surface area (Å²) in [6.45, 7) is 2.24. The van der Waals surface area contributed by atoms with Crippen molar-refractivity contribution in [1.82, 2.24) is 15.1 Å². The summed E-state index contributed by atoms with van der Waals surface area (Å²) in [6.07, 6.45) is 5.85. The van der Waals surface area contributed by atoms with E-state index in [1.165, 1.54) is 6.42 Å². The summed E-state index contributed by atoms with van der Waals surface area (Å²) in [5.74, 6) is 0.207. The number of carbonyl (C=O) groups is 2. The highest BCUT2D eigenvalue weighted by atomic mass is 16.2. The molecule has 3 heterocycles. The Balaban J connectivity index is 1.60. The van der Waals surface area contributed by atoms with Gasteiger partial charge in [0.15, 0.2) is 0 Å². The number of nitrogens with one attached hydrogen (secondary N) is 1. The van der Waals surface area contributed by atoms with Crippen LogP contribution in [0.25, 0.3) is 0 Å². The highest BCUT2D eigenvalue weighted by Crippen LogP contribution is 2.29. The molecule has 3 aliphatic rings. The summed E-state index contributed by atoms with van der Waals surface area (Å²) in [7, 11) is 0. The fourth-order valence-electron chi connectivity index (χ4n) is 4.51. The van der Waals surface area contributed by atoms with Crippen molar-refractivity contribution in [2.24, 2.45) is 0 Å². The fraction of sp³-hybridized carbons (Fsp3) is 0.600. The zero-order valence-corrected chi connectivity index (χ0v) is 14.7. The zero-order chi connectivity index (χ0) is 17.2. The van der Waals surface area contributed by atoms with Crippen molar-refractivity contribution < 1.29 is 9.59 Å². The number of nitrogens with zero attached hydrogens (tertiary/aromatic N) is 2. The molecule has 2 bridgehead atoms. The van der Waals surface area contributed by atoms with Crippen LogP contribution in [-0.4, -0.2) is 53.3 Å². The molecule has 1 aromatic carbocycles. The molecule has 3 aliphatic heterocycles. The minimum atomic E-state index is -0.467. The number of fused-ring (bicyclic) bond motifs is 2. The number of amides is 2. The minimum absolute atomic E-state index is 0.0933. The van der Waals surface area contributed by atoms with E-state index in [1.54, 1.807) is 0 Å². The van der Waals surface area contributed by atoms with Gasteiger partial charge in [-0.2, -0.15) is 0 Å². The van der Waals surface area contributed by atoms with Crippen LogP contribution in [0.5, 0.6) is 0 Å². The molecule has 5 nitrogen and oxygen atoms in total. The lowest BCUT2D eigenvalue weighted by Crippen LogP contribution is -2.49. The van der Waals surface area contributed by atoms with Crippen LogP contribution < -0.4 is 5.32 Å². The van der Waals surface area contributed by atoms with Gasteiger partial charge in [-0.05, 0) is 37.7 Å². The van der Waals surface area contributed by atoms with Gasteiger partial charge in [0.25, 0.3) is 0 Å². The predicted molar refractivity (Wildman–Crippen MR) is 95.9 cm³/mol. The molecular weight excluding hydrogens is 314 g/mol. The first kappa shape index (κ1) is 16.6. The number of carbonyl (C=O) groups excluding carboxylic acids is 2. The van der Waals surface area contributed by atoms with Gasteiger partial charge in [0.1, 0.15) is 6.04 Å². The van der Waals surface area contributed by atoms with Crippen LogP contribution in [0.15, 0.2) is 30.3 Å². The molecule has 0 aliphatic carbocycles. The maximum Gasteiger partial charge on any atom is 0.250 e. The SMILES string of the molecule is O=C(C(c1ccccc1)N1CCCCC1=O)N1CCC2CCC(C1)N2. The summed E-state index contributed by atoms with van der Waals surface area (Å²) < 4.78 is 0. The van der Waals surface area contributed by atoms with Gasteiger partial charge in [0.2, 0.25) is 11.8 Å². The molecule has 25 heavy (non-hydrogen) atoms. The minimum Gasteiger partial charge on any atom is -0.339 e. The van der Waals surface area contributed by atoms with Crippen LogP contribution in [0, 0.1) is 0 Å². The van der Waals surface area contributed by atoms with E-state index in [4.69, 9.17) is 0 Å². The van der Waals surface area contributed by atoms with E-state index in [2.05, 4.69) is 5.32 Å². The second-order valence-corrected chi connectivity index (χ2v) is 7.57. The fourth-order valence-corrected chi connectivity index (χ4v) is 4.51. The molecular formula is C20H27N3O2. The normalized spacial score (nSPS) is 27.9. The molecule has 2 amide bonds. The van der Waals surface area contributed by atoms with Crippen LogP contribution in [-0.2, 0) is 9.59 Å². The second kappa shape index (κ2) is 7.16. The van der Waals surface area contributed by atoms with E-state index >= 15 is 0 Å². The molecule has 0 saturated carbocycles. The van der Waals surface area contributed by atoms with Gasteiger partial charge < -0.3 is 15.1 Å². The van der Waals surface area contributed by atoms with Crippen molar-refractivity contribution in [2.75, 3.05) is 19.6 Å². The van der Waals surface area contributed by atoms with Gasteiger partial charge in [-0.15, -0.1) is 0 Å². The largest absolute Gasteiger partial charge is 0.339 e. The highest BCUT2D eigenvalue weighted by Gasteiger charge is 2.38.